The normalized spacial score (nSPS) is 14.1. The lowest BCUT2D eigenvalue weighted by molar-refractivity contribution is 0.0845. The van der Waals surface area contributed by atoms with Gasteiger partial charge in [0.25, 0.3) is 5.91 Å². The van der Waals surface area contributed by atoms with Gasteiger partial charge >= 0.3 is 0 Å². The average Bonchev–Trinajstić information content (AvgIpc) is 2.93. The molecule has 0 radical (unpaired) electrons. The zero-order valence-corrected chi connectivity index (χ0v) is 21.5. The van der Waals surface area contributed by atoms with Gasteiger partial charge in [-0.15, -0.1) is 0 Å². The van der Waals surface area contributed by atoms with Crippen LogP contribution < -0.4 is 10.6 Å². The van der Waals surface area contributed by atoms with Gasteiger partial charge in [0.15, 0.2) is 0 Å². The van der Waals surface area contributed by atoms with Gasteiger partial charge in [-0.1, -0.05) is 6.07 Å². The number of rotatable bonds is 8. The number of aryl methyl sites for hydroxylation is 1. The molecule has 1 saturated heterocycles. The summed E-state index contributed by atoms with van der Waals surface area (Å²) in [6, 6.07) is 13.6. The third-order valence-corrected chi connectivity index (χ3v) is 6.70. The number of aliphatic hydroxyl groups excluding tert-OH is 1. The number of carbonyl (C=O) groups excluding carboxylic acids is 1. The van der Waals surface area contributed by atoms with E-state index in [9.17, 15) is 15.2 Å². The van der Waals surface area contributed by atoms with Crippen molar-refractivity contribution in [3.63, 3.8) is 0 Å². The van der Waals surface area contributed by atoms with E-state index in [-0.39, 0.29) is 18.4 Å². The van der Waals surface area contributed by atoms with Crippen molar-refractivity contribution in [1.29, 1.82) is 5.26 Å². The van der Waals surface area contributed by atoms with Gasteiger partial charge in [0.1, 0.15) is 5.82 Å². The Kier molecular flexibility index (Phi) is 8.17. The first kappa shape index (κ1) is 26.3. The number of amides is 1. The van der Waals surface area contributed by atoms with Gasteiger partial charge < -0.3 is 20.5 Å². The van der Waals surface area contributed by atoms with Gasteiger partial charge in [-0.2, -0.15) is 5.26 Å². The van der Waals surface area contributed by atoms with Crippen molar-refractivity contribution in [1.82, 2.24) is 9.97 Å². The molecule has 3 N–H and O–H groups in total. The molecule has 37 heavy (non-hydrogen) atoms. The van der Waals surface area contributed by atoms with Crippen LogP contribution in [-0.4, -0.2) is 47.3 Å². The first-order chi connectivity index (χ1) is 17.8. The van der Waals surface area contributed by atoms with Gasteiger partial charge in [-0.3, -0.25) is 9.78 Å². The number of pyridine rings is 2. The highest BCUT2D eigenvalue weighted by Gasteiger charge is 2.30. The molecule has 1 amide bonds. The summed E-state index contributed by atoms with van der Waals surface area (Å²) in [6.45, 7) is 7.48. The Balaban J connectivity index is 1.88. The number of benzene rings is 1. The Morgan fingerprint density at radius 3 is 2.59 bits per heavy atom. The molecule has 0 saturated carbocycles. The van der Waals surface area contributed by atoms with E-state index in [4.69, 9.17) is 9.72 Å². The molecule has 0 bridgehead atoms. The summed E-state index contributed by atoms with van der Waals surface area (Å²) in [5.41, 5.74) is 4.65. The van der Waals surface area contributed by atoms with Crippen LogP contribution in [-0.2, 0) is 10.2 Å². The molecular weight excluding hydrogens is 466 g/mol. The number of aromatic nitrogens is 2. The second-order valence-corrected chi connectivity index (χ2v) is 9.81. The number of nitriles is 1. The van der Waals surface area contributed by atoms with E-state index < -0.39 is 5.41 Å². The first-order valence-corrected chi connectivity index (χ1v) is 12.6. The molecule has 0 spiro atoms. The van der Waals surface area contributed by atoms with Gasteiger partial charge in [-0.05, 0) is 80.6 Å². The zero-order chi connectivity index (χ0) is 26.4. The lowest BCUT2D eigenvalue weighted by atomic mass is 9.78. The Bertz CT molecular complexity index is 1290. The van der Waals surface area contributed by atoms with Crippen LogP contribution in [0.3, 0.4) is 0 Å². The van der Waals surface area contributed by atoms with Crippen LogP contribution in [0.5, 0.6) is 0 Å². The van der Waals surface area contributed by atoms with E-state index in [2.05, 4.69) is 27.8 Å². The second-order valence-electron chi connectivity index (χ2n) is 9.81. The summed E-state index contributed by atoms with van der Waals surface area (Å²) in [4.78, 5) is 21.9. The Morgan fingerprint density at radius 1 is 1.19 bits per heavy atom. The summed E-state index contributed by atoms with van der Waals surface area (Å²) < 4.78 is 5.56. The Morgan fingerprint density at radius 2 is 1.92 bits per heavy atom. The minimum atomic E-state index is -0.900. The number of hydrogen-bond donors (Lipinski definition) is 3. The van der Waals surface area contributed by atoms with E-state index in [1.165, 1.54) is 0 Å². The molecule has 0 aliphatic carbocycles. The van der Waals surface area contributed by atoms with E-state index in [1.807, 2.05) is 39.0 Å². The van der Waals surface area contributed by atoms with Gasteiger partial charge in [0.2, 0.25) is 0 Å². The summed E-state index contributed by atoms with van der Waals surface area (Å²) in [5, 5.41) is 25.8. The maximum Gasteiger partial charge on any atom is 0.255 e. The van der Waals surface area contributed by atoms with Crippen molar-refractivity contribution >= 4 is 17.4 Å². The van der Waals surface area contributed by atoms with Crippen molar-refractivity contribution in [3.05, 3.63) is 71.2 Å². The van der Waals surface area contributed by atoms with Crippen LogP contribution >= 0.6 is 0 Å². The molecule has 8 heteroatoms. The predicted molar refractivity (Wildman–Crippen MR) is 144 cm³/mol. The number of nitrogens with one attached hydrogen (secondary N) is 2. The van der Waals surface area contributed by atoms with Crippen molar-refractivity contribution in [2.45, 2.75) is 44.9 Å². The van der Waals surface area contributed by atoms with Gasteiger partial charge in [0, 0.05) is 60.6 Å². The molecule has 8 nitrogen and oxygen atoms in total. The molecule has 0 atom stereocenters. The molecule has 1 aliphatic rings. The number of carbonyl (C=O) groups is 1. The maximum atomic E-state index is 13.1. The number of hydrogen-bond acceptors (Lipinski definition) is 7. The molecule has 3 aromatic rings. The molecule has 192 valence electrons. The third kappa shape index (κ3) is 5.96. The van der Waals surface area contributed by atoms with E-state index in [1.54, 1.807) is 24.5 Å². The fourth-order valence-electron chi connectivity index (χ4n) is 4.76. The number of aliphatic hydroxyl groups is 1. The molecule has 4 rings (SSSR count). The van der Waals surface area contributed by atoms with Gasteiger partial charge in [-0.25, -0.2) is 4.98 Å². The highest BCUT2D eigenvalue weighted by atomic mass is 16.5. The van der Waals surface area contributed by atoms with E-state index in [0.717, 1.165) is 40.8 Å². The Labute approximate surface area is 217 Å². The first-order valence-electron chi connectivity index (χ1n) is 12.6. The largest absolute Gasteiger partial charge is 0.395 e. The summed E-state index contributed by atoms with van der Waals surface area (Å²) in [6.07, 6.45) is 4.91. The SMILES string of the molecule is Cc1ccc(NC(=O)c2ccncc2)c(C(C)(C)C#N)c1-c1cc(NCCO)nc(C2CCOCC2)c1. The fourth-order valence-corrected chi connectivity index (χ4v) is 4.76. The number of nitrogens with zero attached hydrogens (tertiary/aromatic N) is 3. The summed E-state index contributed by atoms with van der Waals surface area (Å²) in [5.74, 6) is 0.653. The maximum absolute atomic E-state index is 13.1. The Hall–Kier alpha value is -3.80. The quantitative estimate of drug-likeness (QED) is 0.407. The smallest absolute Gasteiger partial charge is 0.255 e. The van der Waals surface area contributed by atoms with Gasteiger partial charge in [0.05, 0.1) is 18.1 Å². The lowest BCUT2D eigenvalue weighted by Gasteiger charge is -2.27. The molecule has 1 aromatic carbocycles. The monoisotopic (exact) mass is 499 g/mol. The molecule has 0 unspecified atom stereocenters. The van der Waals surface area contributed by atoms with Crippen LogP contribution in [0, 0.1) is 18.3 Å². The summed E-state index contributed by atoms with van der Waals surface area (Å²) >= 11 is 0. The molecule has 2 aromatic heterocycles. The topological polar surface area (TPSA) is 120 Å². The fraction of sp³-hybridized carbons (Fsp3) is 0.379. The average molecular weight is 500 g/mol. The van der Waals surface area contributed by atoms with Crippen molar-refractivity contribution < 1.29 is 14.6 Å². The molecular formula is C29H33N5O3. The highest BCUT2D eigenvalue weighted by Crippen LogP contribution is 2.42. The van der Waals surface area contributed by atoms with Crippen LogP contribution in [0.4, 0.5) is 11.5 Å². The molecule has 1 aliphatic heterocycles. The number of ether oxygens (including phenoxy) is 1. The molecule has 1 fully saturated rings. The minimum absolute atomic E-state index is 0.0131. The summed E-state index contributed by atoms with van der Waals surface area (Å²) in [7, 11) is 0. The second kappa shape index (κ2) is 11.5. The highest BCUT2D eigenvalue weighted by molar-refractivity contribution is 6.05. The van der Waals surface area contributed by atoms with Crippen LogP contribution in [0.15, 0.2) is 48.8 Å². The minimum Gasteiger partial charge on any atom is -0.395 e. The van der Waals surface area contributed by atoms with Crippen molar-refractivity contribution in [3.8, 4) is 17.2 Å². The van der Waals surface area contributed by atoms with Crippen molar-refractivity contribution in [2.24, 2.45) is 0 Å². The number of anilines is 2. The standard InChI is InChI=1S/C29H33N5O3/c1-19-4-5-23(34-28(36)21-6-10-31-11-7-21)27(29(2,3)18-30)26(19)22-16-24(20-8-14-37-15-9-20)33-25(17-22)32-12-13-35/h4-7,10-11,16-17,20,35H,8-9,12-15H2,1-3H3,(H,32,33)(H,34,36). The van der Waals surface area contributed by atoms with E-state index in [0.29, 0.717) is 36.8 Å². The van der Waals surface area contributed by atoms with Crippen LogP contribution in [0.25, 0.3) is 11.1 Å². The lowest BCUT2D eigenvalue weighted by Crippen LogP contribution is -2.22. The van der Waals surface area contributed by atoms with Crippen LogP contribution in [0.1, 0.15) is 59.8 Å². The van der Waals surface area contributed by atoms with Crippen molar-refractivity contribution in [2.75, 3.05) is 37.0 Å². The van der Waals surface area contributed by atoms with E-state index >= 15 is 0 Å². The third-order valence-electron chi connectivity index (χ3n) is 6.70. The zero-order valence-electron chi connectivity index (χ0n) is 21.5. The van der Waals surface area contributed by atoms with Crippen LogP contribution in [0.2, 0.25) is 0 Å². The molecule has 3 heterocycles. The predicted octanol–water partition coefficient (Wildman–Crippen LogP) is 4.80.